The zero-order chi connectivity index (χ0) is 32.8. The summed E-state index contributed by atoms with van der Waals surface area (Å²) in [7, 11) is 0. The summed E-state index contributed by atoms with van der Waals surface area (Å²) >= 11 is 0. The minimum absolute atomic E-state index is 0.615. The molecule has 5 aromatic carbocycles. The maximum Gasteiger partial charge on any atom is 0.164 e. The predicted molar refractivity (Wildman–Crippen MR) is 197 cm³/mol. The molecule has 0 fully saturated rings. The normalized spacial score (nSPS) is 11.3. The standard InChI is InChI=1S/C43H33N5/c1-26-19-32(20-27(2)44-26)34-23-35(33-21-28(3)45-29(4)22-33)25-36(24-34)41-46-42(39-17-9-13-30-11-5-7-15-37(30)39)48-43(47-41)40-18-10-14-31-12-6-8-16-38(31)40/h5-25H,1-4H3. The molecular weight excluding hydrogens is 587 g/mol. The minimum Gasteiger partial charge on any atom is -0.258 e. The molecule has 0 saturated carbocycles. The van der Waals surface area contributed by atoms with Crippen LogP contribution in [0.4, 0.5) is 0 Å². The van der Waals surface area contributed by atoms with E-state index >= 15 is 0 Å². The molecule has 5 nitrogen and oxygen atoms in total. The summed E-state index contributed by atoms with van der Waals surface area (Å²) in [5.74, 6) is 1.89. The largest absolute Gasteiger partial charge is 0.258 e. The molecule has 0 aliphatic carbocycles. The van der Waals surface area contributed by atoms with Gasteiger partial charge in [0.15, 0.2) is 17.5 Å². The number of aromatic nitrogens is 5. The fraction of sp³-hybridized carbons (Fsp3) is 0.0930. The van der Waals surface area contributed by atoms with E-state index in [4.69, 9.17) is 15.0 Å². The molecule has 3 heterocycles. The smallest absolute Gasteiger partial charge is 0.164 e. The van der Waals surface area contributed by atoms with Crippen LogP contribution in [0.25, 0.3) is 78.0 Å². The van der Waals surface area contributed by atoms with Gasteiger partial charge in [0, 0.05) is 39.5 Å². The van der Waals surface area contributed by atoms with E-state index in [9.17, 15) is 0 Å². The molecule has 48 heavy (non-hydrogen) atoms. The lowest BCUT2D eigenvalue weighted by Crippen LogP contribution is -2.01. The van der Waals surface area contributed by atoms with Gasteiger partial charge in [0.1, 0.15) is 0 Å². The molecule has 0 amide bonds. The van der Waals surface area contributed by atoms with Crippen LogP contribution < -0.4 is 0 Å². The molecule has 0 unspecified atom stereocenters. The summed E-state index contributed by atoms with van der Waals surface area (Å²) in [4.78, 5) is 24.9. The summed E-state index contributed by atoms with van der Waals surface area (Å²) in [6, 6.07) is 44.5. The van der Waals surface area contributed by atoms with Gasteiger partial charge in [-0.3, -0.25) is 9.97 Å². The van der Waals surface area contributed by atoms with Gasteiger partial charge in [-0.15, -0.1) is 0 Å². The Morgan fingerprint density at radius 3 is 1.12 bits per heavy atom. The predicted octanol–water partition coefficient (Wildman–Crippen LogP) is 10.5. The summed E-state index contributed by atoms with van der Waals surface area (Å²) in [6.45, 7) is 8.15. The Bertz CT molecular complexity index is 2300. The van der Waals surface area contributed by atoms with Crippen LogP contribution in [0, 0.1) is 27.7 Å². The van der Waals surface area contributed by atoms with Crippen molar-refractivity contribution in [1.82, 2.24) is 24.9 Å². The Hall–Kier alpha value is -6.07. The zero-order valence-corrected chi connectivity index (χ0v) is 27.4. The molecule has 5 heteroatoms. The van der Waals surface area contributed by atoms with Crippen molar-refractivity contribution in [2.45, 2.75) is 27.7 Å². The monoisotopic (exact) mass is 619 g/mol. The number of hydrogen-bond acceptors (Lipinski definition) is 5. The van der Waals surface area contributed by atoms with E-state index in [-0.39, 0.29) is 0 Å². The van der Waals surface area contributed by atoms with Gasteiger partial charge in [0.05, 0.1) is 0 Å². The number of aryl methyl sites for hydroxylation is 4. The highest BCUT2D eigenvalue weighted by Gasteiger charge is 2.18. The molecule has 8 rings (SSSR count). The molecule has 0 spiro atoms. The molecule has 3 aromatic heterocycles. The Labute approximate surface area is 280 Å². The van der Waals surface area contributed by atoms with Crippen LogP contribution in [0.2, 0.25) is 0 Å². The first-order valence-corrected chi connectivity index (χ1v) is 16.2. The molecule has 0 aliphatic rings. The molecule has 0 radical (unpaired) electrons. The minimum atomic E-state index is 0.615. The number of pyridine rings is 2. The lowest BCUT2D eigenvalue weighted by Gasteiger charge is -2.14. The molecule has 8 aromatic rings. The lowest BCUT2D eigenvalue weighted by atomic mass is 9.95. The van der Waals surface area contributed by atoms with E-state index in [2.05, 4.69) is 137 Å². The van der Waals surface area contributed by atoms with Crippen LogP contribution in [0.15, 0.2) is 127 Å². The summed E-state index contributed by atoms with van der Waals surface area (Å²) < 4.78 is 0. The summed E-state index contributed by atoms with van der Waals surface area (Å²) in [5.41, 5.74) is 11.1. The van der Waals surface area contributed by atoms with Crippen molar-refractivity contribution in [2.24, 2.45) is 0 Å². The second-order valence-electron chi connectivity index (χ2n) is 12.4. The number of benzene rings is 5. The van der Waals surface area contributed by atoms with Gasteiger partial charge in [-0.1, -0.05) is 84.9 Å². The quantitative estimate of drug-likeness (QED) is 0.192. The summed E-state index contributed by atoms with van der Waals surface area (Å²) in [6.07, 6.45) is 0. The van der Waals surface area contributed by atoms with Crippen LogP contribution in [0.1, 0.15) is 22.8 Å². The fourth-order valence-electron chi connectivity index (χ4n) is 6.68. The zero-order valence-electron chi connectivity index (χ0n) is 27.4. The third kappa shape index (κ3) is 5.60. The van der Waals surface area contributed by atoms with E-state index in [0.717, 1.165) is 83.3 Å². The number of nitrogens with zero attached hydrogens (tertiary/aromatic N) is 5. The highest BCUT2D eigenvalue weighted by atomic mass is 15.0. The van der Waals surface area contributed by atoms with Gasteiger partial charge in [-0.25, -0.2) is 15.0 Å². The van der Waals surface area contributed by atoms with Crippen molar-refractivity contribution >= 4 is 21.5 Å². The second-order valence-corrected chi connectivity index (χ2v) is 12.4. The van der Waals surface area contributed by atoms with Crippen LogP contribution in [-0.4, -0.2) is 24.9 Å². The SMILES string of the molecule is Cc1cc(-c2cc(-c3cc(C)nc(C)c3)cc(-c3nc(-c4cccc5ccccc45)nc(-c4cccc5ccccc45)n3)c2)cc(C)n1. The summed E-state index contributed by atoms with van der Waals surface area (Å²) in [5, 5.41) is 4.47. The average molecular weight is 620 g/mol. The van der Waals surface area contributed by atoms with Gasteiger partial charge in [-0.05, 0) is 114 Å². The number of rotatable bonds is 5. The number of hydrogen-bond donors (Lipinski definition) is 0. The molecule has 230 valence electrons. The van der Waals surface area contributed by atoms with E-state index in [1.807, 2.05) is 27.7 Å². The molecule has 0 atom stereocenters. The third-order valence-electron chi connectivity index (χ3n) is 8.72. The maximum absolute atomic E-state index is 5.22. The van der Waals surface area contributed by atoms with Crippen molar-refractivity contribution in [1.29, 1.82) is 0 Å². The maximum atomic E-state index is 5.22. The van der Waals surface area contributed by atoms with E-state index < -0.39 is 0 Å². The number of fused-ring (bicyclic) bond motifs is 2. The van der Waals surface area contributed by atoms with Crippen molar-refractivity contribution < 1.29 is 0 Å². The molecule has 0 aliphatic heterocycles. The topological polar surface area (TPSA) is 64.5 Å². The lowest BCUT2D eigenvalue weighted by molar-refractivity contribution is 1.08. The highest BCUT2D eigenvalue weighted by Crippen LogP contribution is 2.36. The second kappa shape index (κ2) is 11.9. The first-order chi connectivity index (χ1) is 23.4. The van der Waals surface area contributed by atoms with Gasteiger partial charge in [0.25, 0.3) is 0 Å². The Morgan fingerprint density at radius 1 is 0.312 bits per heavy atom. The van der Waals surface area contributed by atoms with Crippen LogP contribution >= 0.6 is 0 Å². The van der Waals surface area contributed by atoms with Crippen molar-refractivity contribution in [2.75, 3.05) is 0 Å². The van der Waals surface area contributed by atoms with Crippen LogP contribution in [0.5, 0.6) is 0 Å². The van der Waals surface area contributed by atoms with E-state index in [1.165, 1.54) is 0 Å². The van der Waals surface area contributed by atoms with Gasteiger partial charge in [0.2, 0.25) is 0 Å². The van der Waals surface area contributed by atoms with Gasteiger partial charge >= 0.3 is 0 Å². The Morgan fingerprint density at radius 2 is 0.667 bits per heavy atom. The van der Waals surface area contributed by atoms with Crippen molar-refractivity contribution in [3.63, 3.8) is 0 Å². The van der Waals surface area contributed by atoms with Gasteiger partial charge in [-0.2, -0.15) is 0 Å². The van der Waals surface area contributed by atoms with Crippen molar-refractivity contribution in [3.8, 4) is 56.4 Å². The van der Waals surface area contributed by atoms with E-state index in [1.54, 1.807) is 0 Å². The van der Waals surface area contributed by atoms with Crippen molar-refractivity contribution in [3.05, 3.63) is 150 Å². The highest BCUT2D eigenvalue weighted by molar-refractivity contribution is 5.97. The van der Waals surface area contributed by atoms with E-state index in [0.29, 0.717) is 17.5 Å². The van der Waals surface area contributed by atoms with Crippen LogP contribution in [0.3, 0.4) is 0 Å². The molecule has 0 bridgehead atoms. The molecule has 0 saturated heterocycles. The first-order valence-electron chi connectivity index (χ1n) is 16.2. The molecule has 0 N–H and O–H groups in total. The van der Waals surface area contributed by atoms with Crippen LogP contribution in [-0.2, 0) is 0 Å². The average Bonchev–Trinajstić information content (AvgIpc) is 3.10. The third-order valence-corrected chi connectivity index (χ3v) is 8.72. The first kappa shape index (κ1) is 29.3. The Kier molecular flexibility index (Phi) is 7.30. The molecular formula is C43H33N5. The fourth-order valence-corrected chi connectivity index (χ4v) is 6.68. The van der Waals surface area contributed by atoms with Gasteiger partial charge < -0.3 is 0 Å². The Balaban J connectivity index is 1.42.